The van der Waals surface area contributed by atoms with E-state index in [0.717, 1.165) is 41.6 Å². The summed E-state index contributed by atoms with van der Waals surface area (Å²) in [6.07, 6.45) is 0. The number of carbonyl (C=O) groups is 2. The van der Waals surface area contributed by atoms with E-state index in [-0.39, 0.29) is 0 Å². The molecule has 2 N–H and O–H groups in total. The van der Waals surface area contributed by atoms with E-state index in [4.69, 9.17) is 9.97 Å². The van der Waals surface area contributed by atoms with E-state index in [1.165, 1.54) is 11.1 Å². The maximum atomic E-state index is 12.5. The van der Waals surface area contributed by atoms with E-state index in [1.54, 1.807) is 46.9 Å². The molecule has 186 valence electrons. The Morgan fingerprint density at radius 2 is 0.974 bits per heavy atom. The monoisotopic (exact) mass is 534 g/mol. The molecule has 0 saturated heterocycles. The third-order valence-electron chi connectivity index (χ3n) is 6.07. The lowest BCUT2D eigenvalue weighted by atomic mass is 10.2. The molecule has 6 rings (SSSR count). The second kappa shape index (κ2) is 9.81. The molecule has 8 heteroatoms. The predicted octanol–water partition coefficient (Wildman–Crippen LogP) is 7.43. The van der Waals surface area contributed by atoms with E-state index < -0.39 is 11.8 Å². The molecule has 0 radical (unpaired) electrons. The van der Waals surface area contributed by atoms with Crippen molar-refractivity contribution >= 4 is 66.3 Å². The fourth-order valence-electron chi connectivity index (χ4n) is 4.08. The highest BCUT2D eigenvalue weighted by Crippen LogP contribution is 2.32. The van der Waals surface area contributed by atoms with Gasteiger partial charge in [-0.1, -0.05) is 12.1 Å². The van der Waals surface area contributed by atoms with Crippen LogP contribution in [0, 0.1) is 13.8 Å². The molecule has 6 aromatic rings. The van der Waals surface area contributed by atoms with E-state index in [1.807, 2.05) is 48.5 Å². The van der Waals surface area contributed by atoms with Gasteiger partial charge in [0.2, 0.25) is 0 Å². The lowest BCUT2D eigenvalue weighted by Gasteiger charge is -2.07. The number of anilines is 2. The number of carbonyl (C=O) groups excluding carboxylic acids is 2. The van der Waals surface area contributed by atoms with Crippen molar-refractivity contribution in [1.29, 1.82) is 0 Å². The molecule has 2 aromatic heterocycles. The minimum Gasteiger partial charge on any atom is -0.318 e. The van der Waals surface area contributed by atoms with Crippen LogP contribution in [0.25, 0.3) is 41.6 Å². The molecule has 4 aromatic carbocycles. The van der Waals surface area contributed by atoms with Crippen LogP contribution in [0.15, 0.2) is 84.9 Å². The molecular formula is C30H22N4O2S2. The number of thiazole rings is 2. The van der Waals surface area contributed by atoms with Crippen LogP contribution in [0.4, 0.5) is 11.4 Å². The van der Waals surface area contributed by atoms with Crippen molar-refractivity contribution in [2.75, 3.05) is 10.6 Å². The Bertz CT molecular complexity index is 1680. The van der Waals surface area contributed by atoms with E-state index in [0.29, 0.717) is 11.4 Å². The maximum Gasteiger partial charge on any atom is 0.314 e. The summed E-state index contributed by atoms with van der Waals surface area (Å²) in [5.74, 6) is -1.47. The summed E-state index contributed by atoms with van der Waals surface area (Å²) < 4.78 is 2.27. The summed E-state index contributed by atoms with van der Waals surface area (Å²) in [5, 5.41) is 7.13. The molecule has 2 amide bonds. The Labute approximate surface area is 227 Å². The maximum absolute atomic E-state index is 12.5. The zero-order chi connectivity index (χ0) is 26.2. The highest BCUT2D eigenvalue weighted by Gasteiger charge is 2.15. The standard InChI is InChI=1S/C30H22N4O2S2/c1-17-3-13-23-25(15-17)37-29(33-23)19-5-9-21(10-6-19)31-27(35)28(36)32-22-11-7-20(8-12-22)30-34-24-14-4-18(2)16-26(24)38-30/h3-16H,1-2H3,(H,31,35)(H,32,36). The Balaban J connectivity index is 1.09. The Morgan fingerprint density at radius 1 is 0.579 bits per heavy atom. The zero-order valence-electron chi connectivity index (χ0n) is 20.6. The Hall–Kier alpha value is -4.40. The van der Waals surface area contributed by atoms with Gasteiger partial charge >= 0.3 is 11.8 Å². The summed E-state index contributed by atoms with van der Waals surface area (Å²) in [4.78, 5) is 34.4. The first kappa shape index (κ1) is 24.0. The predicted molar refractivity (Wildman–Crippen MR) is 157 cm³/mol. The molecule has 0 bridgehead atoms. The van der Waals surface area contributed by atoms with Gasteiger partial charge in [0.15, 0.2) is 0 Å². The van der Waals surface area contributed by atoms with E-state index >= 15 is 0 Å². The summed E-state index contributed by atoms with van der Waals surface area (Å²) in [5.41, 5.74) is 7.30. The van der Waals surface area contributed by atoms with Gasteiger partial charge in [-0.3, -0.25) is 9.59 Å². The molecule has 0 atom stereocenters. The second-order valence-corrected chi connectivity index (χ2v) is 11.1. The Morgan fingerprint density at radius 3 is 1.37 bits per heavy atom. The average molecular weight is 535 g/mol. The molecule has 0 aliphatic heterocycles. The number of aryl methyl sites for hydroxylation is 2. The Kier molecular flexibility index (Phi) is 6.19. The van der Waals surface area contributed by atoms with Crippen molar-refractivity contribution < 1.29 is 9.59 Å². The first-order valence-corrected chi connectivity index (χ1v) is 13.6. The van der Waals surface area contributed by atoms with Crippen molar-refractivity contribution in [2.45, 2.75) is 13.8 Å². The van der Waals surface area contributed by atoms with Gasteiger partial charge in [-0.2, -0.15) is 0 Å². The van der Waals surface area contributed by atoms with Crippen LogP contribution < -0.4 is 10.6 Å². The van der Waals surface area contributed by atoms with Gasteiger partial charge < -0.3 is 10.6 Å². The van der Waals surface area contributed by atoms with Crippen LogP contribution in [0.5, 0.6) is 0 Å². The molecule has 6 nitrogen and oxygen atoms in total. The van der Waals surface area contributed by atoms with Crippen molar-refractivity contribution in [3.8, 4) is 21.1 Å². The topological polar surface area (TPSA) is 84.0 Å². The summed E-state index contributed by atoms with van der Waals surface area (Å²) in [7, 11) is 0. The molecule has 0 unspecified atom stereocenters. The number of fused-ring (bicyclic) bond motifs is 2. The minimum absolute atomic E-state index is 0.535. The van der Waals surface area contributed by atoms with Crippen LogP contribution in [0.2, 0.25) is 0 Å². The lowest BCUT2D eigenvalue weighted by molar-refractivity contribution is -0.132. The van der Waals surface area contributed by atoms with E-state index in [2.05, 4.69) is 36.6 Å². The molecule has 0 spiro atoms. The highest BCUT2D eigenvalue weighted by molar-refractivity contribution is 7.22. The SMILES string of the molecule is Cc1ccc2nc(-c3ccc(NC(=O)C(=O)Nc4ccc(-c5nc6ccc(C)cc6s5)cc4)cc3)sc2c1. The number of benzene rings is 4. The first-order chi connectivity index (χ1) is 18.4. The largest absolute Gasteiger partial charge is 0.318 e. The van der Waals surface area contributed by atoms with Crippen LogP contribution >= 0.6 is 22.7 Å². The highest BCUT2D eigenvalue weighted by atomic mass is 32.1. The van der Waals surface area contributed by atoms with Crippen LogP contribution in [0.1, 0.15) is 11.1 Å². The van der Waals surface area contributed by atoms with Crippen molar-refractivity contribution in [2.24, 2.45) is 0 Å². The fourth-order valence-corrected chi connectivity index (χ4v) is 6.22. The zero-order valence-corrected chi connectivity index (χ0v) is 22.2. The molecule has 0 aliphatic rings. The number of amides is 2. The van der Waals surface area contributed by atoms with Gasteiger partial charge in [-0.25, -0.2) is 9.97 Å². The van der Waals surface area contributed by atoms with Gasteiger partial charge in [-0.15, -0.1) is 22.7 Å². The normalized spacial score (nSPS) is 11.1. The molecule has 2 heterocycles. The third kappa shape index (κ3) is 4.91. The summed E-state index contributed by atoms with van der Waals surface area (Å²) >= 11 is 3.25. The third-order valence-corrected chi connectivity index (χ3v) is 8.21. The molecule has 0 aliphatic carbocycles. The minimum atomic E-state index is -0.737. The molecular weight excluding hydrogens is 512 g/mol. The van der Waals surface area contributed by atoms with E-state index in [9.17, 15) is 9.59 Å². The molecule has 0 fully saturated rings. The summed E-state index contributed by atoms with van der Waals surface area (Å²) in [6, 6.07) is 27.0. The van der Waals surface area contributed by atoms with Crippen molar-refractivity contribution in [3.63, 3.8) is 0 Å². The van der Waals surface area contributed by atoms with Gasteiger partial charge in [0, 0.05) is 22.5 Å². The quantitative estimate of drug-likeness (QED) is 0.230. The van der Waals surface area contributed by atoms with Gasteiger partial charge in [0.25, 0.3) is 0 Å². The second-order valence-electron chi connectivity index (χ2n) is 9.04. The van der Waals surface area contributed by atoms with Crippen molar-refractivity contribution in [1.82, 2.24) is 9.97 Å². The van der Waals surface area contributed by atoms with Gasteiger partial charge in [0.05, 0.1) is 20.4 Å². The number of hydrogen-bond donors (Lipinski definition) is 2. The fraction of sp³-hybridized carbons (Fsp3) is 0.0667. The van der Waals surface area contributed by atoms with Gasteiger partial charge in [0.1, 0.15) is 10.0 Å². The average Bonchev–Trinajstić information content (AvgIpc) is 3.53. The number of rotatable bonds is 4. The lowest BCUT2D eigenvalue weighted by Crippen LogP contribution is -2.29. The first-order valence-electron chi connectivity index (χ1n) is 12.0. The van der Waals surface area contributed by atoms with Crippen LogP contribution in [-0.2, 0) is 9.59 Å². The summed E-state index contributed by atoms with van der Waals surface area (Å²) in [6.45, 7) is 4.12. The molecule has 0 saturated carbocycles. The molecule has 38 heavy (non-hydrogen) atoms. The smallest absolute Gasteiger partial charge is 0.314 e. The number of hydrogen-bond acceptors (Lipinski definition) is 6. The van der Waals surface area contributed by atoms with Gasteiger partial charge in [-0.05, 0) is 97.8 Å². The number of aromatic nitrogens is 2. The van der Waals surface area contributed by atoms with Crippen LogP contribution in [0.3, 0.4) is 0 Å². The van der Waals surface area contributed by atoms with Crippen molar-refractivity contribution in [3.05, 3.63) is 96.1 Å². The number of nitrogens with one attached hydrogen (secondary N) is 2. The number of nitrogens with zero attached hydrogens (tertiary/aromatic N) is 2. The van der Waals surface area contributed by atoms with Crippen LogP contribution in [-0.4, -0.2) is 21.8 Å².